The third-order valence-corrected chi connectivity index (χ3v) is 3.19. The highest BCUT2D eigenvalue weighted by molar-refractivity contribution is 6.17. The maximum atomic E-state index is 12.3. The van der Waals surface area contributed by atoms with Gasteiger partial charge in [0.1, 0.15) is 0 Å². The molecule has 17 heavy (non-hydrogen) atoms. The minimum Gasteiger partial charge on any atom is -0.342 e. The molecule has 1 rings (SSSR count). The molecule has 1 atom stereocenters. The summed E-state index contributed by atoms with van der Waals surface area (Å²) in [4.78, 5) is 14.1. The van der Waals surface area contributed by atoms with Gasteiger partial charge in [-0.3, -0.25) is 4.79 Å². The summed E-state index contributed by atoms with van der Waals surface area (Å²) in [5, 5.41) is 0. The first kappa shape index (κ1) is 14.0. The lowest BCUT2D eigenvalue weighted by Crippen LogP contribution is -2.35. The molecule has 3 heteroatoms. The summed E-state index contributed by atoms with van der Waals surface area (Å²) in [6.07, 6.45) is 0.850. The number of halogens is 1. The fourth-order valence-corrected chi connectivity index (χ4v) is 1.95. The summed E-state index contributed by atoms with van der Waals surface area (Å²) in [5.74, 6) is 0.707. The predicted octanol–water partition coefficient (Wildman–Crippen LogP) is 3.27. The molecule has 0 bridgehead atoms. The zero-order chi connectivity index (χ0) is 12.7. The van der Waals surface area contributed by atoms with Gasteiger partial charge in [-0.2, -0.15) is 0 Å². The zero-order valence-corrected chi connectivity index (χ0v) is 11.3. The Hall–Kier alpha value is -1.02. The van der Waals surface area contributed by atoms with Gasteiger partial charge in [-0.15, -0.1) is 11.6 Å². The number of benzene rings is 1. The minimum atomic E-state index is -0.0773. The van der Waals surface area contributed by atoms with Gasteiger partial charge in [0.25, 0.3) is 0 Å². The number of rotatable bonds is 6. The number of nitrogens with zero attached hydrogens (tertiary/aromatic N) is 1. The van der Waals surface area contributed by atoms with Crippen molar-refractivity contribution in [3.05, 3.63) is 35.9 Å². The van der Waals surface area contributed by atoms with Crippen molar-refractivity contribution >= 4 is 17.5 Å². The number of carbonyl (C=O) groups is 1. The lowest BCUT2D eigenvalue weighted by molar-refractivity contribution is -0.132. The fourth-order valence-electron chi connectivity index (χ4n) is 1.83. The van der Waals surface area contributed by atoms with Crippen LogP contribution in [0, 0.1) is 0 Å². The van der Waals surface area contributed by atoms with E-state index in [1.807, 2.05) is 49.1 Å². The second kappa shape index (κ2) is 7.33. The standard InChI is InChI=1S/C14H20ClNO/c1-3-16(11-7-10-15)14(17)12(2)13-8-5-4-6-9-13/h4-6,8-9,12H,3,7,10-11H2,1-2H3. The van der Waals surface area contributed by atoms with Crippen LogP contribution in [-0.4, -0.2) is 29.8 Å². The summed E-state index contributed by atoms with van der Waals surface area (Å²) in [5.41, 5.74) is 1.07. The van der Waals surface area contributed by atoms with Gasteiger partial charge < -0.3 is 4.90 Å². The molecular formula is C14H20ClNO. The summed E-state index contributed by atoms with van der Waals surface area (Å²) in [6.45, 7) is 5.45. The second-order valence-electron chi connectivity index (χ2n) is 4.09. The molecule has 2 nitrogen and oxygen atoms in total. The number of amides is 1. The van der Waals surface area contributed by atoms with Crippen LogP contribution in [0.15, 0.2) is 30.3 Å². The SMILES string of the molecule is CCN(CCCCl)C(=O)C(C)c1ccccc1. The molecule has 1 unspecified atom stereocenters. The highest BCUT2D eigenvalue weighted by Gasteiger charge is 2.20. The van der Waals surface area contributed by atoms with Gasteiger partial charge >= 0.3 is 0 Å². The van der Waals surface area contributed by atoms with Crippen molar-refractivity contribution in [2.45, 2.75) is 26.2 Å². The van der Waals surface area contributed by atoms with Crippen LogP contribution in [0.1, 0.15) is 31.7 Å². The normalized spacial score (nSPS) is 12.2. The van der Waals surface area contributed by atoms with E-state index in [2.05, 4.69) is 0 Å². The molecule has 0 saturated heterocycles. The molecule has 0 spiro atoms. The van der Waals surface area contributed by atoms with Gasteiger partial charge in [0, 0.05) is 19.0 Å². The average molecular weight is 254 g/mol. The first-order chi connectivity index (χ1) is 8.20. The van der Waals surface area contributed by atoms with Crippen LogP contribution in [0.5, 0.6) is 0 Å². The molecule has 0 N–H and O–H groups in total. The van der Waals surface area contributed by atoms with Crippen LogP contribution < -0.4 is 0 Å². The van der Waals surface area contributed by atoms with Crippen LogP contribution in [0.4, 0.5) is 0 Å². The highest BCUT2D eigenvalue weighted by Crippen LogP contribution is 2.17. The molecule has 0 aliphatic carbocycles. The smallest absolute Gasteiger partial charge is 0.229 e. The average Bonchev–Trinajstić information content (AvgIpc) is 2.39. The Labute approximate surface area is 109 Å². The molecule has 0 fully saturated rings. The molecule has 0 aliphatic rings. The van der Waals surface area contributed by atoms with E-state index in [9.17, 15) is 4.79 Å². The van der Waals surface area contributed by atoms with E-state index in [0.29, 0.717) is 5.88 Å². The number of likely N-dealkylation sites (N-methyl/N-ethyl adjacent to an activating group) is 1. The van der Waals surface area contributed by atoms with Gasteiger partial charge in [-0.25, -0.2) is 0 Å². The molecular weight excluding hydrogens is 234 g/mol. The minimum absolute atomic E-state index is 0.0773. The zero-order valence-electron chi connectivity index (χ0n) is 10.5. The first-order valence-electron chi connectivity index (χ1n) is 6.10. The number of alkyl halides is 1. The van der Waals surface area contributed by atoms with E-state index >= 15 is 0 Å². The number of hydrogen-bond donors (Lipinski definition) is 0. The molecule has 0 saturated carbocycles. The Morgan fingerprint density at radius 2 is 2.00 bits per heavy atom. The third kappa shape index (κ3) is 4.04. The van der Waals surface area contributed by atoms with Crippen molar-refractivity contribution < 1.29 is 4.79 Å². The number of hydrogen-bond acceptors (Lipinski definition) is 1. The number of carbonyl (C=O) groups excluding carboxylic acids is 1. The van der Waals surface area contributed by atoms with E-state index in [-0.39, 0.29) is 11.8 Å². The van der Waals surface area contributed by atoms with Crippen molar-refractivity contribution in [3.8, 4) is 0 Å². The molecule has 0 aliphatic heterocycles. The van der Waals surface area contributed by atoms with Gasteiger partial charge in [-0.05, 0) is 25.8 Å². The van der Waals surface area contributed by atoms with E-state index in [4.69, 9.17) is 11.6 Å². The van der Waals surface area contributed by atoms with E-state index < -0.39 is 0 Å². The lowest BCUT2D eigenvalue weighted by atomic mass is 10.00. The molecule has 1 amide bonds. The van der Waals surface area contributed by atoms with Crippen LogP contribution in [0.25, 0.3) is 0 Å². The maximum Gasteiger partial charge on any atom is 0.229 e. The van der Waals surface area contributed by atoms with Crippen LogP contribution >= 0.6 is 11.6 Å². The van der Waals surface area contributed by atoms with Gasteiger partial charge in [0.05, 0.1) is 5.92 Å². The summed E-state index contributed by atoms with van der Waals surface area (Å²) in [6, 6.07) is 9.89. The van der Waals surface area contributed by atoms with Crippen LogP contribution in [0.2, 0.25) is 0 Å². The quantitative estimate of drug-likeness (QED) is 0.713. The predicted molar refractivity (Wildman–Crippen MR) is 72.4 cm³/mol. The van der Waals surface area contributed by atoms with Crippen molar-refractivity contribution in [3.63, 3.8) is 0 Å². The Morgan fingerprint density at radius 3 is 2.53 bits per heavy atom. The first-order valence-corrected chi connectivity index (χ1v) is 6.63. The fraction of sp³-hybridized carbons (Fsp3) is 0.500. The Bertz CT molecular complexity index is 339. The van der Waals surface area contributed by atoms with E-state index in [1.54, 1.807) is 0 Å². The Morgan fingerprint density at radius 1 is 1.35 bits per heavy atom. The van der Waals surface area contributed by atoms with Gasteiger partial charge in [0.15, 0.2) is 0 Å². The second-order valence-corrected chi connectivity index (χ2v) is 4.47. The molecule has 1 aromatic carbocycles. The van der Waals surface area contributed by atoms with Crippen molar-refractivity contribution in [1.29, 1.82) is 0 Å². The van der Waals surface area contributed by atoms with Gasteiger partial charge in [0.2, 0.25) is 5.91 Å². The topological polar surface area (TPSA) is 20.3 Å². The largest absolute Gasteiger partial charge is 0.342 e. The summed E-state index contributed by atoms with van der Waals surface area (Å²) < 4.78 is 0. The van der Waals surface area contributed by atoms with Crippen LogP contribution in [-0.2, 0) is 4.79 Å². The van der Waals surface area contributed by atoms with Crippen molar-refractivity contribution in [2.75, 3.05) is 19.0 Å². The highest BCUT2D eigenvalue weighted by atomic mass is 35.5. The lowest BCUT2D eigenvalue weighted by Gasteiger charge is -2.24. The Kier molecular flexibility index (Phi) is 6.06. The van der Waals surface area contributed by atoms with Crippen molar-refractivity contribution in [2.24, 2.45) is 0 Å². The van der Waals surface area contributed by atoms with E-state index in [1.165, 1.54) is 0 Å². The monoisotopic (exact) mass is 253 g/mol. The summed E-state index contributed by atoms with van der Waals surface area (Å²) in [7, 11) is 0. The summed E-state index contributed by atoms with van der Waals surface area (Å²) >= 11 is 5.67. The van der Waals surface area contributed by atoms with Gasteiger partial charge in [-0.1, -0.05) is 30.3 Å². The molecule has 0 aromatic heterocycles. The molecule has 0 heterocycles. The third-order valence-electron chi connectivity index (χ3n) is 2.93. The molecule has 94 valence electrons. The maximum absolute atomic E-state index is 12.3. The molecule has 0 radical (unpaired) electrons. The Balaban J connectivity index is 2.67. The van der Waals surface area contributed by atoms with E-state index in [0.717, 1.165) is 25.1 Å². The van der Waals surface area contributed by atoms with Crippen LogP contribution in [0.3, 0.4) is 0 Å². The molecule has 1 aromatic rings. The van der Waals surface area contributed by atoms with Crippen molar-refractivity contribution in [1.82, 2.24) is 4.90 Å².